The van der Waals surface area contributed by atoms with Crippen molar-refractivity contribution in [1.29, 1.82) is 0 Å². The van der Waals surface area contributed by atoms with Crippen LogP contribution in [0.5, 0.6) is 0 Å². The van der Waals surface area contributed by atoms with Crippen LogP contribution < -0.4 is 5.32 Å². The van der Waals surface area contributed by atoms with Crippen LogP contribution in [0, 0.1) is 0 Å². The summed E-state index contributed by atoms with van der Waals surface area (Å²) < 4.78 is 0. The minimum atomic E-state index is 1.09. The molecule has 64 valence electrons. The molecule has 0 aliphatic carbocycles. The zero-order valence-electron chi connectivity index (χ0n) is 7.34. The maximum Gasteiger partial charge on any atom is 0.0269 e. The van der Waals surface area contributed by atoms with E-state index in [1.165, 1.54) is 32.5 Å². The highest BCUT2D eigenvalue weighted by molar-refractivity contribution is 4.75. The van der Waals surface area contributed by atoms with Crippen LogP contribution in [0.15, 0.2) is 12.3 Å². The van der Waals surface area contributed by atoms with Crippen LogP contribution in [-0.4, -0.2) is 31.1 Å². The van der Waals surface area contributed by atoms with E-state index in [9.17, 15) is 0 Å². The van der Waals surface area contributed by atoms with Gasteiger partial charge < -0.3 is 10.2 Å². The third-order valence-corrected chi connectivity index (χ3v) is 2.06. The van der Waals surface area contributed by atoms with Crippen LogP contribution in [0.1, 0.15) is 19.8 Å². The molecule has 1 N–H and O–H groups in total. The molecular formula is C9H18N2. The van der Waals surface area contributed by atoms with Crippen LogP contribution in [0.25, 0.3) is 0 Å². The first-order valence-electron chi connectivity index (χ1n) is 4.50. The molecule has 0 bridgehead atoms. The maximum atomic E-state index is 3.24. The van der Waals surface area contributed by atoms with E-state index in [-0.39, 0.29) is 0 Å². The van der Waals surface area contributed by atoms with Crippen molar-refractivity contribution in [2.24, 2.45) is 0 Å². The van der Waals surface area contributed by atoms with Gasteiger partial charge in [-0.25, -0.2) is 0 Å². The van der Waals surface area contributed by atoms with Gasteiger partial charge >= 0.3 is 0 Å². The monoisotopic (exact) mass is 154 g/mol. The third-order valence-electron chi connectivity index (χ3n) is 2.06. The predicted octanol–water partition coefficient (Wildman–Crippen LogP) is 1.21. The van der Waals surface area contributed by atoms with Crippen molar-refractivity contribution in [2.45, 2.75) is 19.8 Å². The first-order valence-corrected chi connectivity index (χ1v) is 4.50. The highest BCUT2D eigenvalue weighted by Gasteiger charge is 2.09. The Kier molecular flexibility index (Phi) is 4.06. The molecule has 2 heteroatoms. The minimum Gasteiger partial charge on any atom is -0.390 e. The maximum absolute atomic E-state index is 3.24. The Bertz CT molecular complexity index is 115. The average Bonchev–Trinajstić information content (AvgIpc) is 2.50. The summed E-state index contributed by atoms with van der Waals surface area (Å²) >= 11 is 0. The summed E-state index contributed by atoms with van der Waals surface area (Å²) in [6.07, 6.45) is 6.83. The molecule has 11 heavy (non-hydrogen) atoms. The van der Waals surface area contributed by atoms with Gasteiger partial charge in [0, 0.05) is 13.1 Å². The number of allylic oxidation sites excluding steroid dienone is 1. The fourth-order valence-corrected chi connectivity index (χ4v) is 1.43. The Hall–Kier alpha value is -0.500. The van der Waals surface area contributed by atoms with E-state index < -0.39 is 0 Å². The van der Waals surface area contributed by atoms with Crippen LogP contribution >= 0.6 is 0 Å². The van der Waals surface area contributed by atoms with E-state index in [1.807, 2.05) is 19.2 Å². The zero-order chi connectivity index (χ0) is 7.94. The van der Waals surface area contributed by atoms with Crippen molar-refractivity contribution < 1.29 is 0 Å². The van der Waals surface area contributed by atoms with E-state index in [0.717, 1.165) is 6.54 Å². The zero-order valence-corrected chi connectivity index (χ0v) is 7.34. The summed E-state index contributed by atoms with van der Waals surface area (Å²) in [5.41, 5.74) is 0. The van der Waals surface area contributed by atoms with Crippen molar-refractivity contribution in [3.63, 3.8) is 0 Å². The van der Waals surface area contributed by atoms with E-state index in [4.69, 9.17) is 0 Å². The standard InChI is InChI=1S/C9H18N2/c1-2-5-10-6-9-11-7-3-4-8-11/h2,5,10H,3-4,6-9H2,1H3. The molecule has 1 rings (SSSR count). The molecule has 1 aliphatic heterocycles. The van der Waals surface area contributed by atoms with Gasteiger partial charge in [-0.1, -0.05) is 6.08 Å². The molecule has 0 atom stereocenters. The molecule has 0 radical (unpaired) electrons. The van der Waals surface area contributed by atoms with Crippen molar-refractivity contribution >= 4 is 0 Å². The fraction of sp³-hybridized carbons (Fsp3) is 0.778. The second kappa shape index (κ2) is 5.19. The molecular weight excluding hydrogens is 136 g/mol. The largest absolute Gasteiger partial charge is 0.390 e. The molecule has 1 heterocycles. The Morgan fingerprint density at radius 3 is 2.73 bits per heavy atom. The molecule has 0 saturated carbocycles. The SMILES string of the molecule is CC=CNCCN1CCCC1. The lowest BCUT2D eigenvalue weighted by Gasteiger charge is -2.13. The highest BCUT2D eigenvalue weighted by atomic mass is 15.1. The van der Waals surface area contributed by atoms with Crippen LogP contribution in [0.4, 0.5) is 0 Å². The number of nitrogens with zero attached hydrogens (tertiary/aromatic N) is 1. The van der Waals surface area contributed by atoms with Gasteiger partial charge in [-0.3, -0.25) is 0 Å². The van der Waals surface area contributed by atoms with Gasteiger partial charge in [0.15, 0.2) is 0 Å². The first kappa shape index (κ1) is 8.60. The molecule has 0 spiro atoms. The summed E-state index contributed by atoms with van der Waals surface area (Å²) in [6, 6.07) is 0. The summed E-state index contributed by atoms with van der Waals surface area (Å²) in [7, 11) is 0. The van der Waals surface area contributed by atoms with Gasteiger partial charge in [-0.15, -0.1) is 0 Å². The van der Waals surface area contributed by atoms with Crippen LogP contribution in [0.3, 0.4) is 0 Å². The fourth-order valence-electron chi connectivity index (χ4n) is 1.43. The molecule has 0 amide bonds. The molecule has 0 aromatic rings. The summed E-state index contributed by atoms with van der Waals surface area (Å²) in [6.45, 7) is 6.92. The molecule has 1 fully saturated rings. The van der Waals surface area contributed by atoms with Crippen molar-refractivity contribution in [3.05, 3.63) is 12.3 Å². The molecule has 1 saturated heterocycles. The molecule has 0 aromatic heterocycles. The Balaban J connectivity index is 1.93. The number of likely N-dealkylation sites (tertiary alicyclic amines) is 1. The Morgan fingerprint density at radius 2 is 2.09 bits per heavy atom. The molecule has 1 aliphatic rings. The van der Waals surface area contributed by atoms with Gasteiger partial charge in [0.25, 0.3) is 0 Å². The molecule has 2 nitrogen and oxygen atoms in total. The van der Waals surface area contributed by atoms with Gasteiger partial charge in [0.2, 0.25) is 0 Å². The van der Waals surface area contributed by atoms with Gasteiger partial charge in [0.05, 0.1) is 0 Å². The van der Waals surface area contributed by atoms with Gasteiger partial charge in [-0.05, 0) is 39.1 Å². The second-order valence-electron chi connectivity index (χ2n) is 3.00. The van der Waals surface area contributed by atoms with E-state index in [1.54, 1.807) is 0 Å². The van der Waals surface area contributed by atoms with E-state index >= 15 is 0 Å². The number of rotatable bonds is 4. The van der Waals surface area contributed by atoms with E-state index in [0.29, 0.717) is 0 Å². The van der Waals surface area contributed by atoms with Crippen molar-refractivity contribution in [1.82, 2.24) is 10.2 Å². The normalized spacial score (nSPS) is 19.7. The van der Waals surface area contributed by atoms with Gasteiger partial charge in [0.1, 0.15) is 0 Å². The lowest BCUT2D eigenvalue weighted by Crippen LogP contribution is -2.27. The first-order chi connectivity index (χ1) is 5.43. The van der Waals surface area contributed by atoms with Crippen molar-refractivity contribution in [3.8, 4) is 0 Å². The lowest BCUT2D eigenvalue weighted by molar-refractivity contribution is 0.342. The van der Waals surface area contributed by atoms with Crippen molar-refractivity contribution in [2.75, 3.05) is 26.2 Å². The average molecular weight is 154 g/mol. The molecule has 0 unspecified atom stereocenters. The third kappa shape index (κ3) is 3.42. The number of nitrogens with one attached hydrogen (secondary N) is 1. The van der Waals surface area contributed by atoms with Crippen LogP contribution in [-0.2, 0) is 0 Å². The van der Waals surface area contributed by atoms with Gasteiger partial charge in [-0.2, -0.15) is 0 Å². The highest BCUT2D eigenvalue weighted by Crippen LogP contribution is 2.05. The summed E-state index contributed by atoms with van der Waals surface area (Å²) in [5, 5.41) is 3.24. The smallest absolute Gasteiger partial charge is 0.0269 e. The minimum absolute atomic E-state index is 1.09. The topological polar surface area (TPSA) is 15.3 Å². The predicted molar refractivity (Wildman–Crippen MR) is 48.5 cm³/mol. The quantitative estimate of drug-likeness (QED) is 0.612. The number of hydrogen-bond donors (Lipinski definition) is 1. The summed E-state index contributed by atoms with van der Waals surface area (Å²) in [4.78, 5) is 2.51. The van der Waals surface area contributed by atoms with E-state index in [2.05, 4.69) is 10.2 Å². The molecule has 0 aromatic carbocycles. The van der Waals surface area contributed by atoms with Crippen LogP contribution in [0.2, 0.25) is 0 Å². The lowest BCUT2D eigenvalue weighted by atomic mass is 10.4. The number of hydrogen-bond acceptors (Lipinski definition) is 2. The Labute approximate surface area is 69.3 Å². The summed E-state index contributed by atoms with van der Waals surface area (Å²) in [5.74, 6) is 0. The Morgan fingerprint density at radius 1 is 1.36 bits per heavy atom. The second-order valence-corrected chi connectivity index (χ2v) is 3.00.